The molecule has 1 aliphatic rings. The van der Waals surface area contributed by atoms with Gasteiger partial charge in [0, 0.05) is 35.8 Å². The molecule has 0 spiro atoms. The fourth-order valence-corrected chi connectivity index (χ4v) is 3.74. The van der Waals surface area contributed by atoms with E-state index in [0.29, 0.717) is 12.0 Å². The van der Waals surface area contributed by atoms with E-state index >= 15 is 0 Å². The zero-order valence-electron chi connectivity index (χ0n) is 16.3. The quantitative estimate of drug-likeness (QED) is 0.454. The van der Waals surface area contributed by atoms with Crippen LogP contribution in [-0.2, 0) is 17.8 Å². The summed E-state index contributed by atoms with van der Waals surface area (Å²) >= 11 is 0. The lowest BCUT2D eigenvalue weighted by Crippen LogP contribution is -2.13. The van der Waals surface area contributed by atoms with E-state index in [4.69, 9.17) is 5.11 Å². The molecule has 0 saturated carbocycles. The Hall–Kier alpha value is -3.18. The van der Waals surface area contributed by atoms with Crippen molar-refractivity contribution in [3.05, 3.63) is 77.5 Å². The molecule has 29 heavy (non-hydrogen) atoms. The van der Waals surface area contributed by atoms with E-state index in [0.717, 1.165) is 48.0 Å². The van der Waals surface area contributed by atoms with Crippen LogP contribution in [0.15, 0.2) is 71.5 Å². The molecule has 0 fully saturated rings. The number of unbranched alkanes of at least 4 members (excludes halogenated alkanes) is 1. The summed E-state index contributed by atoms with van der Waals surface area (Å²) in [5.41, 5.74) is 7.45. The molecule has 1 amide bonds. The first-order valence-corrected chi connectivity index (χ1v) is 10.1. The van der Waals surface area contributed by atoms with Gasteiger partial charge >= 0.3 is 0 Å². The number of hydrazone groups is 1. The summed E-state index contributed by atoms with van der Waals surface area (Å²) in [6.45, 7) is 1.04. The van der Waals surface area contributed by atoms with Crippen molar-refractivity contribution in [3.63, 3.8) is 0 Å². The zero-order valence-corrected chi connectivity index (χ0v) is 16.3. The first-order valence-electron chi connectivity index (χ1n) is 10.1. The molecule has 0 aliphatic carbocycles. The van der Waals surface area contributed by atoms with Crippen molar-refractivity contribution in [1.29, 1.82) is 0 Å². The number of carbonyl (C=O) groups is 1. The van der Waals surface area contributed by atoms with Crippen LogP contribution >= 0.6 is 0 Å². The number of aromatic nitrogens is 1. The van der Waals surface area contributed by atoms with Crippen molar-refractivity contribution in [2.45, 2.75) is 32.2 Å². The van der Waals surface area contributed by atoms with E-state index in [1.54, 1.807) is 0 Å². The molecule has 0 atom stereocenters. The predicted molar refractivity (Wildman–Crippen MR) is 117 cm³/mol. The molecule has 5 nitrogen and oxygen atoms in total. The molecule has 5 heteroatoms. The zero-order chi connectivity index (χ0) is 20.1. The highest BCUT2D eigenvalue weighted by Gasteiger charge is 2.23. The number of benzene rings is 2. The molecule has 4 rings (SSSR count). The van der Waals surface area contributed by atoms with Crippen LogP contribution in [0.25, 0.3) is 17.0 Å². The average molecular weight is 387 g/mol. The molecular weight excluding hydrogens is 362 g/mol. The van der Waals surface area contributed by atoms with Gasteiger partial charge in [-0.2, -0.15) is 5.10 Å². The van der Waals surface area contributed by atoms with E-state index in [1.807, 2.05) is 36.4 Å². The maximum absolute atomic E-state index is 12.4. The predicted octanol–water partition coefficient (Wildman–Crippen LogP) is 3.92. The van der Waals surface area contributed by atoms with Crippen molar-refractivity contribution >= 4 is 28.6 Å². The Morgan fingerprint density at radius 3 is 2.62 bits per heavy atom. The van der Waals surface area contributed by atoms with E-state index in [-0.39, 0.29) is 12.5 Å². The largest absolute Gasteiger partial charge is 0.396 e. The summed E-state index contributed by atoms with van der Waals surface area (Å²) in [5.74, 6) is -0.148. The van der Waals surface area contributed by atoms with Crippen LogP contribution in [0.4, 0.5) is 0 Å². The molecule has 0 radical (unpaired) electrons. The molecule has 2 N–H and O–H groups in total. The number of aliphatic hydroxyl groups excluding tert-OH is 1. The number of nitrogens with zero attached hydrogens (tertiary/aromatic N) is 2. The number of aryl methyl sites for hydroxylation is 2. The molecule has 2 aromatic carbocycles. The summed E-state index contributed by atoms with van der Waals surface area (Å²) < 4.78 is 2.20. The number of fused-ring (bicyclic) bond motifs is 1. The fraction of sp³-hybridized carbons (Fsp3) is 0.250. The molecule has 0 bridgehead atoms. The van der Waals surface area contributed by atoms with Gasteiger partial charge in [-0.25, -0.2) is 5.43 Å². The van der Waals surface area contributed by atoms with Gasteiger partial charge in [-0.1, -0.05) is 48.5 Å². The number of amides is 1. The van der Waals surface area contributed by atoms with E-state index in [1.165, 1.54) is 5.56 Å². The highest BCUT2D eigenvalue weighted by Crippen LogP contribution is 2.26. The average Bonchev–Trinajstić information content (AvgIpc) is 3.29. The van der Waals surface area contributed by atoms with Gasteiger partial charge in [-0.3, -0.25) is 4.79 Å². The normalized spacial score (nSPS) is 15.1. The highest BCUT2D eigenvalue weighted by atomic mass is 16.2. The van der Waals surface area contributed by atoms with Crippen LogP contribution in [0.1, 0.15) is 30.4 Å². The Labute approximate surface area is 170 Å². The lowest BCUT2D eigenvalue weighted by molar-refractivity contribution is -0.116. The molecule has 1 aromatic heterocycles. The summed E-state index contributed by atoms with van der Waals surface area (Å²) in [6.07, 6.45) is 7.29. The standard InChI is InChI=1S/C24H25N3O2/c28-15-7-6-14-27-17-19(20-10-4-5-11-23(20)27)16-21-22(25-26-24(21)29)13-12-18-8-2-1-3-9-18/h1-5,8-11,16-17,28H,6-7,12-15H2,(H,26,29). The Kier molecular flexibility index (Phi) is 5.86. The summed E-state index contributed by atoms with van der Waals surface area (Å²) in [7, 11) is 0. The number of nitrogens with one attached hydrogen (secondary N) is 1. The van der Waals surface area contributed by atoms with Crippen LogP contribution in [0, 0.1) is 0 Å². The van der Waals surface area contributed by atoms with Crippen LogP contribution in [0.2, 0.25) is 0 Å². The minimum atomic E-state index is -0.148. The number of rotatable bonds is 8. The fourth-order valence-electron chi connectivity index (χ4n) is 3.74. The molecule has 0 unspecified atom stereocenters. The van der Waals surface area contributed by atoms with Crippen LogP contribution in [0.5, 0.6) is 0 Å². The Morgan fingerprint density at radius 2 is 1.79 bits per heavy atom. The van der Waals surface area contributed by atoms with Crippen LogP contribution in [-0.4, -0.2) is 27.9 Å². The number of aliphatic hydroxyl groups is 1. The van der Waals surface area contributed by atoms with Gasteiger partial charge in [0.05, 0.1) is 11.3 Å². The monoisotopic (exact) mass is 387 g/mol. The number of para-hydroxylation sites is 1. The summed E-state index contributed by atoms with van der Waals surface area (Å²) in [4.78, 5) is 12.4. The van der Waals surface area contributed by atoms with E-state index < -0.39 is 0 Å². The van der Waals surface area contributed by atoms with Crippen LogP contribution < -0.4 is 5.43 Å². The molecular formula is C24H25N3O2. The van der Waals surface area contributed by atoms with Gasteiger partial charge in [0.1, 0.15) is 0 Å². The maximum atomic E-state index is 12.4. The Bertz CT molecular complexity index is 1060. The van der Waals surface area contributed by atoms with E-state index in [9.17, 15) is 4.79 Å². The molecule has 2 heterocycles. The third-order valence-electron chi connectivity index (χ3n) is 5.27. The lowest BCUT2D eigenvalue weighted by Gasteiger charge is -2.03. The van der Waals surface area contributed by atoms with Gasteiger partial charge < -0.3 is 9.67 Å². The second-order valence-corrected chi connectivity index (χ2v) is 7.27. The van der Waals surface area contributed by atoms with Gasteiger partial charge in [-0.15, -0.1) is 0 Å². The first kappa shape index (κ1) is 19.2. The molecule has 148 valence electrons. The lowest BCUT2D eigenvalue weighted by atomic mass is 10.0. The minimum Gasteiger partial charge on any atom is -0.396 e. The van der Waals surface area contributed by atoms with Gasteiger partial charge in [-0.05, 0) is 43.4 Å². The second-order valence-electron chi connectivity index (χ2n) is 7.27. The number of hydrogen-bond donors (Lipinski definition) is 2. The Morgan fingerprint density at radius 1 is 1.00 bits per heavy atom. The third-order valence-corrected chi connectivity index (χ3v) is 5.27. The first-order chi connectivity index (χ1) is 14.3. The van der Waals surface area contributed by atoms with Crippen molar-refractivity contribution in [3.8, 4) is 0 Å². The third kappa shape index (κ3) is 4.30. The van der Waals surface area contributed by atoms with Crippen LogP contribution in [0.3, 0.4) is 0 Å². The smallest absolute Gasteiger partial charge is 0.273 e. The van der Waals surface area contributed by atoms with Crippen molar-refractivity contribution in [2.75, 3.05) is 6.61 Å². The summed E-state index contributed by atoms with van der Waals surface area (Å²) in [5, 5.41) is 14.5. The van der Waals surface area contributed by atoms with Crippen molar-refractivity contribution < 1.29 is 9.90 Å². The maximum Gasteiger partial charge on any atom is 0.273 e. The summed E-state index contributed by atoms with van der Waals surface area (Å²) in [6, 6.07) is 18.5. The molecule has 0 saturated heterocycles. The van der Waals surface area contributed by atoms with Gasteiger partial charge in [0.15, 0.2) is 0 Å². The van der Waals surface area contributed by atoms with E-state index in [2.05, 4.69) is 45.6 Å². The molecule has 1 aliphatic heterocycles. The van der Waals surface area contributed by atoms with Crippen molar-refractivity contribution in [1.82, 2.24) is 9.99 Å². The van der Waals surface area contributed by atoms with Gasteiger partial charge in [0.2, 0.25) is 0 Å². The van der Waals surface area contributed by atoms with Crippen molar-refractivity contribution in [2.24, 2.45) is 5.10 Å². The minimum absolute atomic E-state index is 0.148. The molecule has 3 aromatic rings. The van der Waals surface area contributed by atoms with Gasteiger partial charge in [0.25, 0.3) is 5.91 Å². The SMILES string of the molecule is O=C1NN=C(CCc2ccccc2)C1=Cc1cn(CCCCO)c2ccccc12. The second kappa shape index (κ2) is 8.88. The topological polar surface area (TPSA) is 66.6 Å². The highest BCUT2D eigenvalue weighted by molar-refractivity contribution is 6.28. The Balaban J connectivity index is 1.60. The number of carbonyl (C=O) groups excluding carboxylic acids is 1. The number of hydrogen-bond acceptors (Lipinski definition) is 3.